The Morgan fingerprint density at radius 1 is 0.774 bits per heavy atom. The van der Waals surface area contributed by atoms with Gasteiger partial charge in [0, 0.05) is 6.54 Å². The van der Waals surface area contributed by atoms with Gasteiger partial charge in [-0.2, -0.15) is 0 Å². The van der Waals surface area contributed by atoms with E-state index in [0.717, 1.165) is 32.4 Å². The lowest BCUT2D eigenvalue weighted by molar-refractivity contribution is 0.282. The first kappa shape index (κ1) is 24.9. The molecule has 3 rings (SSSR count). The highest BCUT2D eigenvalue weighted by molar-refractivity contribution is 7.91. The molecule has 6 heteroatoms. The van der Waals surface area contributed by atoms with Crippen LogP contribution in [-0.4, -0.2) is 33.5 Å². The standard InChI is InChI=1S/C25H29NO3S.ClH/c1-26(21-22-13-5-2-6-14-22)19-11-4-12-20-29-24-17-9-10-18-25(24)30(27,28)23-15-7-3-8-16-23;/h2-3,5-10,13-18H,4,11-12,19-21H2,1H3;1H. The van der Waals surface area contributed by atoms with Crippen LogP contribution in [0.4, 0.5) is 0 Å². The second-order valence-electron chi connectivity index (χ2n) is 7.40. The third-order valence-corrected chi connectivity index (χ3v) is 6.74. The zero-order valence-electron chi connectivity index (χ0n) is 17.8. The monoisotopic (exact) mass is 459 g/mol. The Kier molecular flexibility index (Phi) is 10.0. The van der Waals surface area contributed by atoms with E-state index < -0.39 is 9.84 Å². The lowest BCUT2D eigenvalue weighted by atomic mass is 10.2. The molecule has 0 spiro atoms. The van der Waals surface area contributed by atoms with Gasteiger partial charge in [0.05, 0.1) is 11.5 Å². The molecule has 3 aromatic rings. The topological polar surface area (TPSA) is 46.6 Å². The molecule has 0 bridgehead atoms. The maximum Gasteiger partial charge on any atom is 0.210 e. The molecule has 0 amide bonds. The number of rotatable bonds is 11. The van der Waals surface area contributed by atoms with E-state index in [1.807, 2.05) is 6.07 Å². The highest BCUT2D eigenvalue weighted by Gasteiger charge is 2.21. The first-order valence-electron chi connectivity index (χ1n) is 10.3. The maximum absolute atomic E-state index is 12.9. The van der Waals surface area contributed by atoms with Crippen molar-refractivity contribution in [3.8, 4) is 5.75 Å². The van der Waals surface area contributed by atoms with E-state index in [1.165, 1.54) is 5.56 Å². The molecule has 0 fully saturated rings. The first-order valence-corrected chi connectivity index (χ1v) is 11.8. The Bertz CT molecular complexity index is 1010. The molecule has 0 aliphatic rings. The summed E-state index contributed by atoms with van der Waals surface area (Å²) in [5.41, 5.74) is 1.32. The van der Waals surface area contributed by atoms with Crippen molar-refractivity contribution in [3.63, 3.8) is 0 Å². The van der Waals surface area contributed by atoms with Gasteiger partial charge in [-0.15, -0.1) is 12.4 Å². The van der Waals surface area contributed by atoms with Crippen molar-refractivity contribution in [2.45, 2.75) is 35.6 Å². The number of para-hydroxylation sites is 1. The maximum atomic E-state index is 12.9. The molecule has 0 N–H and O–H groups in total. The van der Waals surface area contributed by atoms with Crippen molar-refractivity contribution in [2.75, 3.05) is 20.2 Å². The van der Waals surface area contributed by atoms with Crippen molar-refractivity contribution >= 4 is 22.2 Å². The van der Waals surface area contributed by atoms with Gasteiger partial charge in [-0.3, -0.25) is 0 Å². The van der Waals surface area contributed by atoms with E-state index in [-0.39, 0.29) is 22.2 Å². The second-order valence-corrected chi connectivity index (χ2v) is 9.31. The number of ether oxygens (including phenoxy) is 1. The molecule has 0 atom stereocenters. The Hall–Kier alpha value is -2.34. The zero-order valence-corrected chi connectivity index (χ0v) is 19.4. The van der Waals surface area contributed by atoms with Crippen LogP contribution in [0.1, 0.15) is 24.8 Å². The number of hydrogen-bond donors (Lipinski definition) is 0. The van der Waals surface area contributed by atoms with Gasteiger partial charge in [-0.05, 0) is 62.7 Å². The van der Waals surface area contributed by atoms with Crippen LogP contribution in [0.2, 0.25) is 0 Å². The molecular weight excluding hydrogens is 430 g/mol. The summed E-state index contributed by atoms with van der Waals surface area (Å²) in [6, 6.07) is 25.8. The molecule has 0 aliphatic carbocycles. The minimum absolute atomic E-state index is 0. The quantitative estimate of drug-likeness (QED) is 0.349. The largest absolute Gasteiger partial charge is 0.492 e. The summed E-state index contributed by atoms with van der Waals surface area (Å²) < 4.78 is 31.7. The minimum atomic E-state index is -3.59. The van der Waals surface area contributed by atoms with Crippen LogP contribution in [0.3, 0.4) is 0 Å². The van der Waals surface area contributed by atoms with Gasteiger partial charge in [0.1, 0.15) is 10.6 Å². The summed E-state index contributed by atoms with van der Waals surface area (Å²) in [7, 11) is -1.46. The number of halogens is 1. The fourth-order valence-electron chi connectivity index (χ4n) is 3.33. The molecule has 0 heterocycles. The summed E-state index contributed by atoms with van der Waals surface area (Å²) in [5.74, 6) is 0.419. The van der Waals surface area contributed by atoms with Crippen molar-refractivity contribution < 1.29 is 13.2 Å². The molecule has 3 aromatic carbocycles. The fourth-order valence-corrected chi connectivity index (χ4v) is 4.75. The summed E-state index contributed by atoms with van der Waals surface area (Å²) in [5, 5.41) is 0. The second kappa shape index (κ2) is 12.5. The summed E-state index contributed by atoms with van der Waals surface area (Å²) >= 11 is 0. The third-order valence-electron chi connectivity index (χ3n) is 4.93. The summed E-state index contributed by atoms with van der Waals surface area (Å²) in [6.07, 6.45) is 3.00. The van der Waals surface area contributed by atoms with Crippen LogP contribution >= 0.6 is 12.4 Å². The molecule has 0 unspecified atom stereocenters. The molecule has 0 saturated heterocycles. The summed E-state index contributed by atoms with van der Waals surface area (Å²) in [4.78, 5) is 2.82. The van der Waals surface area contributed by atoms with Gasteiger partial charge >= 0.3 is 0 Å². The molecule has 0 aromatic heterocycles. The SMILES string of the molecule is CN(CCCCCOc1ccccc1S(=O)(=O)c1ccccc1)Cc1ccccc1.Cl. The van der Waals surface area contributed by atoms with Gasteiger partial charge in [0.25, 0.3) is 0 Å². The average Bonchev–Trinajstić information content (AvgIpc) is 2.77. The van der Waals surface area contributed by atoms with Gasteiger partial charge in [0.2, 0.25) is 9.84 Å². The van der Waals surface area contributed by atoms with E-state index >= 15 is 0 Å². The van der Waals surface area contributed by atoms with Crippen LogP contribution in [0, 0.1) is 0 Å². The molecule has 166 valence electrons. The van der Waals surface area contributed by atoms with Crippen LogP contribution in [0.5, 0.6) is 5.75 Å². The highest BCUT2D eigenvalue weighted by atomic mass is 35.5. The predicted molar refractivity (Wildman–Crippen MR) is 128 cm³/mol. The van der Waals surface area contributed by atoms with Crippen molar-refractivity contribution in [3.05, 3.63) is 90.5 Å². The first-order chi connectivity index (χ1) is 14.6. The molecule has 0 aliphatic heterocycles. The molecule has 4 nitrogen and oxygen atoms in total. The van der Waals surface area contributed by atoms with E-state index in [4.69, 9.17) is 4.74 Å². The third kappa shape index (κ3) is 7.39. The smallest absolute Gasteiger partial charge is 0.210 e. The Labute approximate surface area is 192 Å². The Morgan fingerprint density at radius 2 is 1.39 bits per heavy atom. The van der Waals surface area contributed by atoms with Gasteiger partial charge < -0.3 is 9.64 Å². The van der Waals surface area contributed by atoms with E-state index in [0.29, 0.717) is 12.4 Å². The van der Waals surface area contributed by atoms with Crippen LogP contribution in [0.15, 0.2) is 94.7 Å². The number of unbranched alkanes of at least 4 members (excludes halogenated alkanes) is 2. The minimum Gasteiger partial charge on any atom is -0.492 e. The van der Waals surface area contributed by atoms with E-state index in [2.05, 4.69) is 36.2 Å². The molecule has 31 heavy (non-hydrogen) atoms. The normalized spacial score (nSPS) is 11.2. The highest BCUT2D eigenvalue weighted by Crippen LogP contribution is 2.29. The van der Waals surface area contributed by atoms with Crippen molar-refractivity contribution in [2.24, 2.45) is 0 Å². The van der Waals surface area contributed by atoms with Crippen molar-refractivity contribution in [1.29, 1.82) is 0 Å². The van der Waals surface area contributed by atoms with Gasteiger partial charge in [0.15, 0.2) is 0 Å². The zero-order chi connectivity index (χ0) is 21.2. The van der Waals surface area contributed by atoms with Crippen LogP contribution < -0.4 is 4.74 Å². The van der Waals surface area contributed by atoms with Crippen molar-refractivity contribution in [1.82, 2.24) is 4.90 Å². The van der Waals surface area contributed by atoms with Gasteiger partial charge in [-0.1, -0.05) is 60.7 Å². The average molecular weight is 460 g/mol. The number of hydrogen-bond acceptors (Lipinski definition) is 4. The molecular formula is C25H30ClNO3S. The predicted octanol–water partition coefficient (Wildman–Crippen LogP) is 5.62. The van der Waals surface area contributed by atoms with E-state index in [1.54, 1.807) is 54.6 Å². The number of sulfone groups is 1. The molecule has 0 saturated carbocycles. The van der Waals surface area contributed by atoms with Crippen LogP contribution in [0.25, 0.3) is 0 Å². The lowest BCUT2D eigenvalue weighted by Gasteiger charge is -2.16. The Balaban J connectivity index is 0.00000341. The van der Waals surface area contributed by atoms with Gasteiger partial charge in [-0.25, -0.2) is 8.42 Å². The Morgan fingerprint density at radius 3 is 2.10 bits per heavy atom. The van der Waals surface area contributed by atoms with E-state index in [9.17, 15) is 8.42 Å². The molecule has 0 radical (unpaired) electrons. The number of benzene rings is 3. The number of nitrogens with zero attached hydrogens (tertiary/aromatic N) is 1. The van der Waals surface area contributed by atoms with Crippen LogP contribution in [-0.2, 0) is 16.4 Å². The fraction of sp³-hybridized carbons (Fsp3) is 0.280. The summed E-state index contributed by atoms with van der Waals surface area (Å²) in [6.45, 7) is 2.47. The lowest BCUT2D eigenvalue weighted by Crippen LogP contribution is -2.19.